The molecule has 0 aromatic heterocycles. The van der Waals surface area contributed by atoms with Crippen LogP contribution in [0.25, 0.3) is 10.4 Å². The zero-order chi connectivity index (χ0) is 51.3. The summed E-state index contributed by atoms with van der Waals surface area (Å²) in [6.45, 7) is 1.48. The average molecular weight is 1010 g/mol. The van der Waals surface area contributed by atoms with E-state index in [1.54, 1.807) is 31.4 Å². The fourth-order valence-electron chi connectivity index (χ4n) is 9.09. The molecule has 0 spiro atoms. The van der Waals surface area contributed by atoms with Crippen molar-refractivity contribution >= 4 is 0 Å². The molecule has 0 aliphatic carbocycles. The van der Waals surface area contributed by atoms with Crippen LogP contribution in [0.5, 0.6) is 11.5 Å². The molecule has 7 aromatic rings. The molecule has 2 aliphatic rings. The number of methoxy groups -OCH3 is 1. The minimum atomic E-state index is -1.18. The van der Waals surface area contributed by atoms with Gasteiger partial charge in [0.1, 0.15) is 60.3 Å². The molecule has 388 valence electrons. The van der Waals surface area contributed by atoms with Gasteiger partial charge in [-0.05, 0) is 63.2 Å². The van der Waals surface area contributed by atoms with E-state index in [1.165, 1.54) is 0 Å². The van der Waals surface area contributed by atoms with Crippen molar-refractivity contribution < 1.29 is 52.1 Å². The summed E-state index contributed by atoms with van der Waals surface area (Å²) >= 11 is 0. The molecule has 10 atom stereocenters. The summed E-state index contributed by atoms with van der Waals surface area (Å²) in [5.74, 6) is 1.09. The first-order valence-corrected chi connectivity index (χ1v) is 25.3. The molecule has 0 N–H and O–H groups in total. The summed E-state index contributed by atoms with van der Waals surface area (Å²) in [7, 11) is 1.59. The van der Waals surface area contributed by atoms with Gasteiger partial charge in [0, 0.05) is 4.91 Å². The van der Waals surface area contributed by atoms with Crippen molar-refractivity contribution in [1.82, 2.24) is 0 Å². The number of benzene rings is 7. The fourth-order valence-corrected chi connectivity index (χ4v) is 9.09. The Morgan fingerprint density at radius 3 is 1.19 bits per heavy atom. The Balaban J connectivity index is 1.12. The maximum absolute atomic E-state index is 10.3. The maximum atomic E-state index is 10.3. The quantitative estimate of drug-likeness (QED) is 0.0290. The molecule has 0 amide bonds. The molecule has 2 saturated heterocycles. The number of rotatable bonds is 26. The van der Waals surface area contributed by atoms with Crippen LogP contribution >= 0.6 is 0 Å². The number of nitrogens with zero attached hydrogens (tertiary/aromatic N) is 3. The van der Waals surface area contributed by atoms with E-state index < -0.39 is 61.3 Å². The summed E-state index contributed by atoms with van der Waals surface area (Å²) in [5.41, 5.74) is 16.0. The van der Waals surface area contributed by atoms with Crippen LogP contribution in [0.2, 0.25) is 0 Å². The summed E-state index contributed by atoms with van der Waals surface area (Å²) in [5, 5.41) is 4.34. The van der Waals surface area contributed by atoms with E-state index in [9.17, 15) is 5.53 Å². The Hall–Kier alpha value is -6.91. The minimum Gasteiger partial charge on any atom is -0.497 e. The lowest BCUT2D eigenvalue weighted by molar-refractivity contribution is -0.361. The molecule has 14 heteroatoms. The van der Waals surface area contributed by atoms with Gasteiger partial charge in [-0.2, -0.15) is 0 Å². The van der Waals surface area contributed by atoms with Gasteiger partial charge in [0.15, 0.2) is 6.29 Å². The first kappa shape index (κ1) is 52.9. The largest absolute Gasteiger partial charge is 0.497 e. The topological polar surface area (TPSA) is 150 Å². The van der Waals surface area contributed by atoms with Gasteiger partial charge < -0.3 is 52.1 Å². The SMILES string of the molecule is COc1ccc(O[C@H]2O[C@H](COCc3ccccc3)[C@@H](O[C@@H]3O[C@H](COCc4ccccc4)[C@@H](OCc4ccccc4)[C@H](OCc4ccccc4)[C@H]3OCc3ccccc3)[C@H](OCc3ccccc3)[C@H]2N=[N+]=[N-])cc1. The number of azide groups is 1. The lowest BCUT2D eigenvalue weighted by Gasteiger charge is -2.49. The molecule has 9 rings (SSSR count). The van der Waals surface area contributed by atoms with Crippen LogP contribution in [0, 0.1) is 0 Å². The Morgan fingerprint density at radius 1 is 0.400 bits per heavy atom. The van der Waals surface area contributed by atoms with Gasteiger partial charge >= 0.3 is 0 Å². The molecule has 75 heavy (non-hydrogen) atoms. The first-order chi connectivity index (χ1) is 37.1. The highest BCUT2D eigenvalue weighted by Gasteiger charge is 2.54. The molecule has 0 bridgehead atoms. The third-order valence-electron chi connectivity index (χ3n) is 12.9. The van der Waals surface area contributed by atoms with Crippen LogP contribution in [0.1, 0.15) is 33.4 Å². The molecule has 2 heterocycles. The maximum Gasteiger partial charge on any atom is 0.211 e. The normalized spacial score (nSPS) is 23.4. The second kappa shape index (κ2) is 28.1. The Bertz CT molecular complexity index is 2750. The number of hydrogen-bond donors (Lipinski definition) is 0. The van der Waals surface area contributed by atoms with Crippen LogP contribution in [-0.2, 0) is 82.3 Å². The molecule has 0 saturated carbocycles. The number of hydrogen-bond acceptors (Lipinski definition) is 12. The highest BCUT2D eigenvalue weighted by Crippen LogP contribution is 2.37. The van der Waals surface area contributed by atoms with Crippen molar-refractivity contribution in [2.24, 2.45) is 5.11 Å². The minimum absolute atomic E-state index is 0.0127. The average Bonchev–Trinajstić information content (AvgIpc) is 3.47. The molecule has 7 aromatic carbocycles. The van der Waals surface area contributed by atoms with E-state index in [0.717, 1.165) is 33.4 Å². The van der Waals surface area contributed by atoms with Gasteiger partial charge in [-0.3, -0.25) is 0 Å². The second-order valence-corrected chi connectivity index (χ2v) is 18.2. The Labute approximate surface area is 438 Å². The zero-order valence-electron chi connectivity index (χ0n) is 41.9. The van der Waals surface area contributed by atoms with Gasteiger partial charge in [0.05, 0.1) is 60.0 Å². The molecular formula is C61H63N3O11. The van der Waals surface area contributed by atoms with Crippen molar-refractivity contribution in [2.45, 2.75) is 101 Å². The van der Waals surface area contributed by atoms with Crippen LogP contribution in [0.15, 0.2) is 211 Å². The van der Waals surface area contributed by atoms with Crippen molar-refractivity contribution in [3.8, 4) is 11.5 Å². The molecule has 0 radical (unpaired) electrons. The first-order valence-electron chi connectivity index (χ1n) is 25.3. The second-order valence-electron chi connectivity index (χ2n) is 18.2. The van der Waals surface area contributed by atoms with Crippen LogP contribution in [0.4, 0.5) is 0 Å². The van der Waals surface area contributed by atoms with Crippen LogP contribution in [-0.4, -0.2) is 81.7 Å². The summed E-state index contributed by atoms with van der Waals surface area (Å²) in [4.78, 5) is 3.33. The predicted molar refractivity (Wildman–Crippen MR) is 281 cm³/mol. The van der Waals surface area contributed by atoms with E-state index in [2.05, 4.69) is 10.0 Å². The van der Waals surface area contributed by atoms with E-state index in [0.29, 0.717) is 18.1 Å². The van der Waals surface area contributed by atoms with Crippen molar-refractivity contribution in [1.29, 1.82) is 0 Å². The van der Waals surface area contributed by atoms with Crippen LogP contribution in [0.3, 0.4) is 0 Å². The predicted octanol–water partition coefficient (Wildman–Crippen LogP) is 11.4. The van der Waals surface area contributed by atoms with Gasteiger partial charge in [-0.1, -0.05) is 187 Å². The molecular weight excluding hydrogens is 951 g/mol. The van der Waals surface area contributed by atoms with E-state index >= 15 is 0 Å². The number of ether oxygens (including phenoxy) is 11. The van der Waals surface area contributed by atoms with Gasteiger partial charge in [0.2, 0.25) is 6.29 Å². The van der Waals surface area contributed by atoms with Gasteiger partial charge in [-0.15, -0.1) is 0 Å². The third kappa shape index (κ3) is 15.3. The summed E-state index contributed by atoms with van der Waals surface area (Å²) < 4.78 is 74.5. The smallest absolute Gasteiger partial charge is 0.211 e. The molecule has 0 unspecified atom stereocenters. The molecule has 2 fully saturated rings. The third-order valence-corrected chi connectivity index (χ3v) is 12.9. The highest BCUT2D eigenvalue weighted by molar-refractivity contribution is 5.31. The van der Waals surface area contributed by atoms with Crippen LogP contribution < -0.4 is 9.47 Å². The fraction of sp³-hybridized carbons (Fsp3) is 0.311. The molecule has 14 nitrogen and oxygen atoms in total. The Kier molecular flexibility index (Phi) is 19.8. The Morgan fingerprint density at radius 2 is 0.760 bits per heavy atom. The van der Waals surface area contributed by atoms with Crippen molar-refractivity contribution in [3.05, 3.63) is 250 Å². The van der Waals surface area contributed by atoms with E-state index in [-0.39, 0.29) is 46.2 Å². The lowest BCUT2D eigenvalue weighted by Crippen LogP contribution is -2.66. The van der Waals surface area contributed by atoms with E-state index in [4.69, 9.17) is 52.1 Å². The van der Waals surface area contributed by atoms with Gasteiger partial charge in [-0.25, -0.2) is 0 Å². The summed E-state index contributed by atoms with van der Waals surface area (Å²) in [6, 6.07) is 65.4. The van der Waals surface area contributed by atoms with E-state index in [1.807, 2.05) is 182 Å². The van der Waals surface area contributed by atoms with Gasteiger partial charge in [0.25, 0.3) is 0 Å². The van der Waals surface area contributed by atoms with Crippen molar-refractivity contribution in [3.63, 3.8) is 0 Å². The summed E-state index contributed by atoms with van der Waals surface area (Å²) in [6.07, 6.45) is -8.53. The lowest BCUT2D eigenvalue weighted by atomic mass is 9.95. The van der Waals surface area contributed by atoms with Crippen molar-refractivity contribution in [2.75, 3.05) is 20.3 Å². The monoisotopic (exact) mass is 1010 g/mol. The standard InChI is InChI=1S/C61H63N3O11/c1-65-50-32-34-51(35-33-50)72-60-54(63-64-62)57(69-39-47-26-14-5-15-27-47)56(53(73-60)43-67-37-45-22-10-3-11-23-45)75-61-59(71-41-49-30-18-7-19-31-49)58(70-40-48-28-16-6-17-29-48)55(68-38-46-24-12-4-13-25-46)52(74-61)42-66-36-44-20-8-2-9-21-44/h2-35,52-61H,36-43H2,1H3/t52-,53-,54-,55-,56-,57-,58+,59-,60+,61+/m1/s1. The molecule has 2 aliphatic heterocycles. The highest BCUT2D eigenvalue weighted by atomic mass is 16.8. The zero-order valence-corrected chi connectivity index (χ0v) is 41.9.